The van der Waals surface area contributed by atoms with Crippen LogP contribution in [0.3, 0.4) is 0 Å². The molecule has 20 heavy (non-hydrogen) atoms. The zero-order chi connectivity index (χ0) is 14.7. The van der Waals surface area contributed by atoms with Crippen LogP contribution < -0.4 is 4.74 Å². The van der Waals surface area contributed by atoms with E-state index in [0.29, 0.717) is 17.3 Å². The minimum Gasteiger partial charge on any atom is -0.482 e. The molecular formula is C14H16ClNO4. The van der Waals surface area contributed by atoms with Crippen LogP contribution in [0.1, 0.15) is 6.92 Å². The highest BCUT2D eigenvalue weighted by atomic mass is 35.5. The normalized spacial score (nSPS) is 21.8. The highest BCUT2D eigenvalue weighted by Crippen LogP contribution is 2.25. The van der Waals surface area contributed by atoms with Gasteiger partial charge in [-0.2, -0.15) is 0 Å². The lowest BCUT2D eigenvalue weighted by molar-refractivity contribution is -0.142. The van der Waals surface area contributed by atoms with Crippen LogP contribution >= 0.6 is 11.6 Å². The van der Waals surface area contributed by atoms with Crippen LogP contribution in [-0.4, -0.2) is 41.6 Å². The van der Waals surface area contributed by atoms with Gasteiger partial charge in [-0.05, 0) is 18.1 Å². The van der Waals surface area contributed by atoms with E-state index in [0.717, 1.165) is 0 Å². The number of amides is 1. The molecule has 0 bridgehead atoms. The SMILES string of the molecule is C[C@@H]1CN(C(=O)COc2ccccc2Cl)C[C@H]1C(=O)O. The Kier molecular flexibility index (Phi) is 4.49. The first-order valence-electron chi connectivity index (χ1n) is 6.37. The Bertz CT molecular complexity index is 520. The van der Waals surface area contributed by atoms with Gasteiger partial charge < -0.3 is 14.7 Å². The fourth-order valence-corrected chi connectivity index (χ4v) is 2.47. The topological polar surface area (TPSA) is 66.8 Å². The Balaban J connectivity index is 1.90. The van der Waals surface area contributed by atoms with Crippen LogP contribution in [0.4, 0.5) is 0 Å². The lowest BCUT2D eigenvalue weighted by Crippen LogP contribution is -2.33. The first-order chi connectivity index (χ1) is 9.49. The van der Waals surface area contributed by atoms with Crippen molar-refractivity contribution in [2.45, 2.75) is 6.92 Å². The number of ether oxygens (including phenoxy) is 1. The van der Waals surface area contributed by atoms with E-state index < -0.39 is 11.9 Å². The van der Waals surface area contributed by atoms with Crippen LogP contribution in [0.25, 0.3) is 0 Å². The molecule has 1 heterocycles. The number of hydrogen-bond donors (Lipinski definition) is 1. The molecular weight excluding hydrogens is 282 g/mol. The summed E-state index contributed by atoms with van der Waals surface area (Å²) in [4.78, 5) is 24.6. The first kappa shape index (κ1) is 14.7. The van der Waals surface area contributed by atoms with Crippen molar-refractivity contribution in [3.05, 3.63) is 29.3 Å². The lowest BCUT2D eigenvalue weighted by atomic mass is 9.99. The molecule has 1 fully saturated rings. The summed E-state index contributed by atoms with van der Waals surface area (Å²) in [5.41, 5.74) is 0. The van der Waals surface area contributed by atoms with Crippen LogP contribution in [-0.2, 0) is 9.59 Å². The minimum absolute atomic E-state index is 0.0447. The molecule has 5 nitrogen and oxygen atoms in total. The van der Waals surface area contributed by atoms with Crippen molar-refractivity contribution < 1.29 is 19.4 Å². The number of likely N-dealkylation sites (tertiary alicyclic amines) is 1. The van der Waals surface area contributed by atoms with Gasteiger partial charge in [0.15, 0.2) is 6.61 Å². The van der Waals surface area contributed by atoms with E-state index in [9.17, 15) is 9.59 Å². The van der Waals surface area contributed by atoms with E-state index in [1.807, 2.05) is 6.92 Å². The number of aliphatic carboxylic acids is 1. The number of nitrogens with zero attached hydrogens (tertiary/aromatic N) is 1. The Morgan fingerprint density at radius 2 is 2.10 bits per heavy atom. The molecule has 1 saturated heterocycles. The van der Waals surface area contributed by atoms with E-state index in [1.165, 1.54) is 4.90 Å². The molecule has 1 aliphatic heterocycles. The average Bonchev–Trinajstić information content (AvgIpc) is 2.80. The van der Waals surface area contributed by atoms with E-state index in [-0.39, 0.29) is 25.0 Å². The number of carboxylic acids is 1. The smallest absolute Gasteiger partial charge is 0.308 e. The Morgan fingerprint density at radius 1 is 1.40 bits per heavy atom. The van der Waals surface area contributed by atoms with Crippen molar-refractivity contribution in [1.82, 2.24) is 4.90 Å². The molecule has 0 aliphatic carbocycles. The monoisotopic (exact) mass is 297 g/mol. The summed E-state index contributed by atoms with van der Waals surface area (Å²) in [6.07, 6.45) is 0. The second-order valence-corrected chi connectivity index (χ2v) is 5.35. The number of carbonyl (C=O) groups excluding carboxylic acids is 1. The number of hydrogen-bond acceptors (Lipinski definition) is 3. The zero-order valence-electron chi connectivity index (χ0n) is 11.1. The van der Waals surface area contributed by atoms with E-state index in [4.69, 9.17) is 21.4 Å². The molecule has 0 spiro atoms. The second kappa shape index (κ2) is 6.13. The summed E-state index contributed by atoms with van der Waals surface area (Å²) in [7, 11) is 0. The average molecular weight is 298 g/mol. The maximum Gasteiger partial charge on any atom is 0.308 e. The molecule has 0 unspecified atom stereocenters. The molecule has 0 radical (unpaired) electrons. The Labute approximate surface area is 122 Å². The van der Waals surface area contributed by atoms with Gasteiger partial charge in [0.2, 0.25) is 0 Å². The van der Waals surface area contributed by atoms with Crippen molar-refractivity contribution in [2.24, 2.45) is 11.8 Å². The molecule has 2 rings (SSSR count). The predicted molar refractivity (Wildman–Crippen MR) is 73.8 cm³/mol. The Hall–Kier alpha value is -1.75. The predicted octanol–water partition coefficient (Wildman–Crippen LogP) is 1.90. The third-order valence-corrected chi connectivity index (χ3v) is 3.78. The van der Waals surface area contributed by atoms with Crippen molar-refractivity contribution in [1.29, 1.82) is 0 Å². The molecule has 6 heteroatoms. The number of rotatable bonds is 4. The number of benzene rings is 1. The van der Waals surface area contributed by atoms with Gasteiger partial charge in [-0.1, -0.05) is 30.7 Å². The van der Waals surface area contributed by atoms with Gasteiger partial charge in [-0.15, -0.1) is 0 Å². The fourth-order valence-electron chi connectivity index (χ4n) is 2.28. The van der Waals surface area contributed by atoms with Crippen LogP contribution in [0.5, 0.6) is 5.75 Å². The summed E-state index contributed by atoms with van der Waals surface area (Å²) < 4.78 is 5.37. The molecule has 1 N–H and O–H groups in total. The molecule has 2 atom stereocenters. The largest absolute Gasteiger partial charge is 0.482 e. The number of halogens is 1. The molecule has 0 saturated carbocycles. The zero-order valence-corrected chi connectivity index (χ0v) is 11.8. The Morgan fingerprint density at radius 3 is 2.70 bits per heavy atom. The number of para-hydroxylation sites is 1. The summed E-state index contributed by atoms with van der Waals surface area (Å²) >= 11 is 5.93. The van der Waals surface area contributed by atoms with Gasteiger partial charge in [-0.3, -0.25) is 9.59 Å². The van der Waals surface area contributed by atoms with Crippen molar-refractivity contribution >= 4 is 23.5 Å². The van der Waals surface area contributed by atoms with Crippen molar-refractivity contribution in [2.75, 3.05) is 19.7 Å². The van der Waals surface area contributed by atoms with Crippen molar-refractivity contribution in [3.63, 3.8) is 0 Å². The lowest BCUT2D eigenvalue weighted by Gasteiger charge is -2.16. The second-order valence-electron chi connectivity index (χ2n) is 4.94. The summed E-state index contributed by atoms with van der Waals surface area (Å²) in [6, 6.07) is 6.91. The first-order valence-corrected chi connectivity index (χ1v) is 6.74. The maximum atomic E-state index is 12.0. The molecule has 1 amide bonds. The summed E-state index contributed by atoms with van der Waals surface area (Å²) in [6.45, 7) is 2.38. The van der Waals surface area contributed by atoms with Gasteiger partial charge in [0, 0.05) is 13.1 Å². The van der Waals surface area contributed by atoms with Gasteiger partial charge in [-0.25, -0.2) is 0 Å². The highest BCUT2D eigenvalue weighted by molar-refractivity contribution is 6.32. The van der Waals surface area contributed by atoms with Gasteiger partial charge in [0.25, 0.3) is 5.91 Å². The fraction of sp³-hybridized carbons (Fsp3) is 0.429. The number of carboxylic acid groups (broad SMARTS) is 1. The summed E-state index contributed by atoms with van der Waals surface area (Å²) in [5.74, 6) is -1.18. The van der Waals surface area contributed by atoms with Crippen LogP contribution in [0.2, 0.25) is 5.02 Å². The van der Waals surface area contributed by atoms with Crippen LogP contribution in [0.15, 0.2) is 24.3 Å². The standard InChI is InChI=1S/C14H16ClNO4/c1-9-6-16(7-10(9)14(18)19)13(17)8-20-12-5-3-2-4-11(12)15/h2-5,9-10H,6-8H2,1H3,(H,18,19)/t9-,10-/m1/s1. The van der Waals surface area contributed by atoms with E-state index >= 15 is 0 Å². The number of carbonyl (C=O) groups is 2. The van der Waals surface area contributed by atoms with Crippen molar-refractivity contribution in [3.8, 4) is 5.75 Å². The van der Waals surface area contributed by atoms with Crippen LogP contribution in [0, 0.1) is 11.8 Å². The molecule has 108 valence electrons. The molecule has 1 aromatic carbocycles. The molecule has 1 aromatic rings. The third kappa shape index (κ3) is 3.22. The highest BCUT2D eigenvalue weighted by Gasteiger charge is 2.36. The minimum atomic E-state index is -0.861. The molecule has 1 aliphatic rings. The van der Waals surface area contributed by atoms with Gasteiger partial charge in [0.1, 0.15) is 5.75 Å². The maximum absolute atomic E-state index is 12.0. The van der Waals surface area contributed by atoms with Gasteiger partial charge >= 0.3 is 5.97 Å². The van der Waals surface area contributed by atoms with E-state index in [1.54, 1.807) is 24.3 Å². The summed E-state index contributed by atoms with van der Waals surface area (Å²) in [5, 5.41) is 9.48. The third-order valence-electron chi connectivity index (χ3n) is 3.47. The molecule has 0 aromatic heterocycles. The van der Waals surface area contributed by atoms with E-state index in [2.05, 4.69) is 0 Å². The van der Waals surface area contributed by atoms with Gasteiger partial charge in [0.05, 0.1) is 10.9 Å². The quantitative estimate of drug-likeness (QED) is 0.922.